The number of hydrogen-bond acceptors (Lipinski definition) is 2. The first-order valence-electron chi connectivity index (χ1n) is 7.70. The quantitative estimate of drug-likeness (QED) is 0.840. The topological polar surface area (TPSA) is 35.2 Å². The third-order valence-electron chi connectivity index (χ3n) is 4.30. The van der Waals surface area contributed by atoms with E-state index in [1.807, 2.05) is 0 Å². The lowest BCUT2D eigenvalue weighted by atomic mass is 9.86. The summed E-state index contributed by atoms with van der Waals surface area (Å²) >= 11 is 0. The van der Waals surface area contributed by atoms with E-state index < -0.39 is 0 Å². The molecule has 0 amide bonds. The summed E-state index contributed by atoms with van der Waals surface area (Å²) in [6.07, 6.45) is 6.97. The van der Waals surface area contributed by atoms with Crippen LogP contribution >= 0.6 is 0 Å². The summed E-state index contributed by atoms with van der Waals surface area (Å²) in [4.78, 5) is 0. The van der Waals surface area contributed by atoms with Crippen molar-refractivity contribution in [3.63, 3.8) is 0 Å². The highest BCUT2D eigenvalue weighted by molar-refractivity contribution is 5.28. The standard InChI is InChI=1S/C17H27NO/c1-3-8-14-9-7-10-15(13-14)16(18)17(19-4-2)11-5-6-12-17/h7,9-10,13,16H,3-6,8,11-12,18H2,1-2H3. The zero-order valence-electron chi connectivity index (χ0n) is 12.3. The van der Waals surface area contributed by atoms with E-state index in [-0.39, 0.29) is 11.6 Å². The maximum Gasteiger partial charge on any atom is 0.0874 e. The smallest absolute Gasteiger partial charge is 0.0874 e. The molecule has 2 N–H and O–H groups in total. The van der Waals surface area contributed by atoms with Crippen molar-refractivity contribution in [2.75, 3.05) is 6.61 Å². The summed E-state index contributed by atoms with van der Waals surface area (Å²) in [6.45, 7) is 5.04. The highest BCUT2D eigenvalue weighted by Crippen LogP contribution is 2.41. The normalized spacial score (nSPS) is 19.5. The van der Waals surface area contributed by atoms with Crippen LogP contribution in [0.1, 0.15) is 63.1 Å². The van der Waals surface area contributed by atoms with E-state index in [2.05, 4.69) is 38.1 Å². The summed E-state index contributed by atoms with van der Waals surface area (Å²) in [5.41, 5.74) is 9.06. The minimum absolute atomic E-state index is 0.00626. The summed E-state index contributed by atoms with van der Waals surface area (Å²) < 4.78 is 6.08. The van der Waals surface area contributed by atoms with E-state index in [0.717, 1.165) is 25.9 Å². The second kappa shape index (κ2) is 6.53. The lowest BCUT2D eigenvalue weighted by Gasteiger charge is -2.35. The molecular formula is C17H27NO. The third-order valence-corrected chi connectivity index (χ3v) is 4.30. The van der Waals surface area contributed by atoms with Crippen molar-refractivity contribution in [1.82, 2.24) is 0 Å². The summed E-state index contributed by atoms with van der Waals surface area (Å²) in [5.74, 6) is 0. The zero-order valence-corrected chi connectivity index (χ0v) is 12.3. The van der Waals surface area contributed by atoms with Crippen molar-refractivity contribution in [2.45, 2.75) is 64.0 Å². The second-order valence-electron chi connectivity index (χ2n) is 5.68. The van der Waals surface area contributed by atoms with Gasteiger partial charge in [-0.25, -0.2) is 0 Å². The molecule has 1 fully saturated rings. The predicted molar refractivity (Wildman–Crippen MR) is 80.2 cm³/mol. The molecule has 0 saturated heterocycles. The van der Waals surface area contributed by atoms with Gasteiger partial charge in [-0.1, -0.05) is 50.5 Å². The van der Waals surface area contributed by atoms with E-state index >= 15 is 0 Å². The Morgan fingerprint density at radius 2 is 2.00 bits per heavy atom. The van der Waals surface area contributed by atoms with Crippen LogP contribution in [0.2, 0.25) is 0 Å². The first-order valence-corrected chi connectivity index (χ1v) is 7.70. The molecule has 0 aliphatic heterocycles. The zero-order chi connectivity index (χ0) is 13.7. The van der Waals surface area contributed by atoms with E-state index in [1.165, 1.54) is 30.4 Å². The molecule has 1 atom stereocenters. The molecule has 1 aromatic carbocycles. The number of hydrogen-bond donors (Lipinski definition) is 1. The predicted octanol–water partition coefficient (Wildman–Crippen LogP) is 3.99. The fourth-order valence-electron chi connectivity index (χ4n) is 3.34. The van der Waals surface area contributed by atoms with Crippen molar-refractivity contribution in [1.29, 1.82) is 0 Å². The Labute approximate surface area is 117 Å². The molecule has 0 radical (unpaired) electrons. The number of nitrogens with two attached hydrogens (primary N) is 1. The Balaban J connectivity index is 2.21. The van der Waals surface area contributed by atoms with E-state index in [9.17, 15) is 0 Å². The summed E-state index contributed by atoms with van der Waals surface area (Å²) in [6, 6.07) is 8.76. The van der Waals surface area contributed by atoms with Gasteiger partial charge in [0.15, 0.2) is 0 Å². The first-order chi connectivity index (χ1) is 9.22. The van der Waals surface area contributed by atoms with Crippen LogP contribution < -0.4 is 5.73 Å². The van der Waals surface area contributed by atoms with E-state index in [1.54, 1.807) is 0 Å². The first kappa shape index (κ1) is 14.5. The fraction of sp³-hybridized carbons (Fsp3) is 0.647. The lowest BCUT2D eigenvalue weighted by Crippen LogP contribution is -2.41. The van der Waals surface area contributed by atoms with Gasteiger partial charge in [0.2, 0.25) is 0 Å². The van der Waals surface area contributed by atoms with E-state index in [4.69, 9.17) is 10.5 Å². The van der Waals surface area contributed by atoms with Gasteiger partial charge in [0.05, 0.1) is 11.6 Å². The van der Waals surface area contributed by atoms with E-state index in [0.29, 0.717) is 0 Å². The van der Waals surface area contributed by atoms with Gasteiger partial charge in [0.1, 0.15) is 0 Å². The average Bonchev–Trinajstić information content (AvgIpc) is 2.89. The highest BCUT2D eigenvalue weighted by atomic mass is 16.5. The Kier molecular flexibility index (Phi) is 5.00. The van der Waals surface area contributed by atoms with Crippen molar-refractivity contribution >= 4 is 0 Å². The van der Waals surface area contributed by atoms with Gasteiger partial charge < -0.3 is 10.5 Å². The van der Waals surface area contributed by atoms with Crippen LogP contribution in [-0.4, -0.2) is 12.2 Å². The lowest BCUT2D eigenvalue weighted by molar-refractivity contribution is -0.0536. The molecule has 1 unspecified atom stereocenters. The number of benzene rings is 1. The van der Waals surface area contributed by atoms with Gasteiger partial charge in [0, 0.05) is 6.61 Å². The van der Waals surface area contributed by atoms with Gasteiger partial charge in [-0.15, -0.1) is 0 Å². The van der Waals surface area contributed by atoms with Crippen LogP contribution in [0.3, 0.4) is 0 Å². The molecular weight excluding hydrogens is 234 g/mol. The van der Waals surface area contributed by atoms with Crippen molar-refractivity contribution < 1.29 is 4.74 Å². The SMILES string of the molecule is CCCc1cccc(C(N)C2(OCC)CCCC2)c1. The molecule has 1 aliphatic rings. The molecule has 1 saturated carbocycles. The Bertz CT molecular complexity index is 396. The molecule has 2 heteroatoms. The second-order valence-corrected chi connectivity index (χ2v) is 5.68. The van der Waals surface area contributed by atoms with Crippen molar-refractivity contribution in [2.24, 2.45) is 5.73 Å². The van der Waals surface area contributed by atoms with Crippen molar-refractivity contribution in [3.05, 3.63) is 35.4 Å². The van der Waals surface area contributed by atoms with Gasteiger partial charge in [0.25, 0.3) is 0 Å². The summed E-state index contributed by atoms with van der Waals surface area (Å²) in [7, 11) is 0. The van der Waals surface area contributed by atoms with Crippen LogP contribution in [0.25, 0.3) is 0 Å². The number of aryl methyl sites for hydroxylation is 1. The van der Waals surface area contributed by atoms with Crippen LogP contribution in [-0.2, 0) is 11.2 Å². The van der Waals surface area contributed by atoms with Crippen molar-refractivity contribution in [3.8, 4) is 0 Å². The monoisotopic (exact) mass is 261 g/mol. The van der Waals surface area contributed by atoms with Crippen LogP contribution in [0.5, 0.6) is 0 Å². The average molecular weight is 261 g/mol. The maximum atomic E-state index is 6.56. The molecule has 1 aliphatic carbocycles. The molecule has 19 heavy (non-hydrogen) atoms. The minimum atomic E-state index is -0.125. The largest absolute Gasteiger partial charge is 0.373 e. The van der Waals surface area contributed by atoms with Gasteiger partial charge >= 0.3 is 0 Å². The molecule has 2 rings (SSSR count). The molecule has 2 nitrogen and oxygen atoms in total. The molecule has 1 aromatic rings. The third kappa shape index (κ3) is 3.18. The Morgan fingerprint density at radius 3 is 2.63 bits per heavy atom. The van der Waals surface area contributed by atoms with Gasteiger partial charge in [-0.2, -0.15) is 0 Å². The minimum Gasteiger partial charge on any atom is -0.373 e. The van der Waals surface area contributed by atoms with Crippen LogP contribution in [0.15, 0.2) is 24.3 Å². The van der Waals surface area contributed by atoms with Crippen LogP contribution in [0, 0.1) is 0 Å². The number of ether oxygens (including phenoxy) is 1. The molecule has 0 spiro atoms. The Morgan fingerprint density at radius 1 is 1.26 bits per heavy atom. The molecule has 106 valence electrons. The Hall–Kier alpha value is -0.860. The molecule has 0 heterocycles. The van der Waals surface area contributed by atoms with Gasteiger partial charge in [-0.05, 0) is 37.3 Å². The number of rotatable bonds is 6. The fourth-order valence-corrected chi connectivity index (χ4v) is 3.34. The molecule has 0 aromatic heterocycles. The summed E-state index contributed by atoms with van der Waals surface area (Å²) in [5, 5.41) is 0. The maximum absolute atomic E-state index is 6.56. The van der Waals surface area contributed by atoms with Crippen LogP contribution in [0.4, 0.5) is 0 Å². The van der Waals surface area contributed by atoms with Gasteiger partial charge in [-0.3, -0.25) is 0 Å². The molecule has 0 bridgehead atoms. The highest BCUT2D eigenvalue weighted by Gasteiger charge is 2.41.